The number of carbonyl (C=O) groups is 2. The van der Waals surface area contributed by atoms with E-state index in [1.165, 1.54) is 11.8 Å². The molecule has 1 N–H and O–H groups in total. The van der Waals surface area contributed by atoms with Crippen molar-refractivity contribution in [3.8, 4) is 5.69 Å². The highest BCUT2D eigenvalue weighted by atomic mass is 32.2. The average Bonchev–Trinajstić information content (AvgIpc) is 3.20. The Morgan fingerprint density at radius 2 is 1.94 bits per heavy atom. The molecular formula is C25H25N3O4S2. The number of para-hydroxylation sites is 1. The van der Waals surface area contributed by atoms with E-state index in [4.69, 9.17) is 9.72 Å². The maximum Gasteiger partial charge on any atom is 0.340 e. The van der Waals surface area contributed by atoms with Crippen LogP contribution < -0.4 is 10.9 Å². The van der Waals surface area contributed by atoms with Gasteiger partial charge >= 0.3 is 5.97 Å². The number of fused-ring (bicyclic) bond motifs is 1. The van der Waals surface area contributed by atoms with Gasteiger partial charge in [-0.05, 0) is 38.1 Å². The molecule has 0 fully saturated rings. The van der Waals surface area contributed by atoms with Gasteiger partial charge in [0.1, 0.15) is 0 Å². The van der Waals surface area contributed by atoms with Crippen LogP contribution in [0.3, 0.4) is 0 Å². The van der Waals surface area contributed by atoms with Crippen LogP contribution in [-0.2, 0) is 16.0 Å². The topological polar surface area (TPSA) is 90.3 Å². The van der Waals surface area contributed by atoms with Crippen molar-refractivity contribution in [2.45, 2.75) is 42.5 Å². The molecule has 1 aromatic heterocycles. The molecule has 9 heteroatoms. The second kappa shape index (κ2) is 10.5. The summed E-state index contributed by atoms with van der Waals surface area (Å²) in [5.41, 5.74) is 3.14. The summed E-state index contributed by atoms with van der Waals surface area (Å²) in [5.74, 6) is -0.780. The first kappa shape index (κ1) is 24.1. The third-order valence-electron chi connectivity index (χ3n) is 5.20. The van der Waals surface area contributed by atoms with Gasteiger partial charge in [-0.1, -0.05) is 48.5 Å². The number of esters is 1. The largest absolute Gasteiger partial charge is 0.462 e. The molecule has 0 saturated heterocycles. The highest BCUT2D eigenvalue weighted by molar-refractivity contribution is 8.00. The van der Waals surface area contributed by atoms with Crippen molar-refractivity contribution in [2.24, 2.45) is 0 Å². The van der Waals surface area contributed by atoms with E-state index in [1.54, 1.807) is 47.5 Å². The van der Waals surface area contributed by atoms with Crippen molar-refractivity contribution in [1.82, 2.24) is 9.55 Å². The van der Waals surface area contributed by atoms with Crippen molar-refractivity contribution in [3.63, 3.8) is 0 Å². The molecule has 0 bridgehead atoms. The molecule has 1 unspecified atom stereocenters. The Morgan fingerprint density at radius 3 is 2.68 bits per heavy atom. The Morgan fingerprint density at radius 1 is 1.21 bits per heavy atom. The average molecular weight is 496 g/mol. The molecule has 4 rings (SSSR count). The molecule has 0 saturated carbocycles. The number of anilines is 1. The molecule has 2 heterocycles. The van der Waals surface area contributed by atoms with Crippen molar-refractivity contribution in [2.75, 3.05) is 17.7 Å². The number of carbonyl (C=O) groups excluding carboxylic acids is 2. The van der Waals surface area contributed by atoms with Gasteiger partial charge in [0.2, 0.25) is 5.91 Å². The lowest BCUT2D eigenvalue weighted by Crippen LogP contribution is -2.25. The fourth-order valence-corrected chi connectivity index (χ4v) is 5.54. The lowest BCUT2D eigenvalue weighted by Gasteiger charge is -2.14. The number of nitrogens with zero attached hydrogens (tertiary/aromatic N) is 2. The van der Waals surface area contributed by atoms with Crippen LogP contribution in [0.2, 0.25) is 0 Å². The smallest absolute Gasteiger partial charge is 0.340 e. The number of rotatable bonds is 7. The Hall–Kier alpha value is -3.04. The molecule has 2 aromatic carbocycles. The van der Waals surface area contributed by atoms with Gasteiger partial charge in [-0.2, -0.15) is 0 Å². The van der Waals surface area contributed by atoms with E-state index in [9.17, 15) is 14.4 Å². The standard InChI is InChI=1S/C25H25N3O4S2/c1-4-32-24(31)18-7-5-6-8-19(18)26-21(29)14-33-25-27-20-13-16(3)34-22(20)23(30)28(25)17-11-9-15(2)10-12-17/h5-12,16H,4,13-14H2,1-3H3,(H,26,29). The fraction of sp³-hybridized carbons (Fsp3) is 0.280. The summed E-state index contributed by atoms with van der Waals surface area (Å²) in [5, 5.41) is 3.53. The van der Waals surface area contributed by atoms with Gasteiger partial charge in [-0.25, -0.2) is 9.78 Å². The fourth-order valence-electron chi connectivity index (χ4n) is 3.61. The van der Waals surface area contributed by atoms with Crippen LogP contribution in [0.25, 0.3) is 5.69 Å². The summed E-state index contributed by atoms with van der Waals surface area (Å²) < 4.78 is 6.65. The van der Waals surface area contributed by atoms with Crippen LogP contribution in [0.4, 0.5) is 5.69 Å². The number of aryl methyl sites for hydroxylation is 1. The Kier molecular flexibility index (Phi) is 7.43. The van der Waals surface area contributed by atoms with E-state index in [1.807, 2.05) is 31.2 Å². The van der Waals surface area contributed by atoms with Crippen LogP contribution in [0.1, 0.15) is 35.5 Å². The lowest BCUT2D eigenvalue weighted by molar-refractivity contribution is -0.113. The van der Waals surface area contributed by atoms with E-state index in [2.05, 4.69) is 12.2 Å². The van der Waals surface area contributed by atoms with Gasteiger partial charge in [0.05, 0.1) is 39.9 Å². The maximum absolute atomic E-state index is 13.4. The molecule has 176 valence electrons. The monoisotopic (exact) mass is 495 g/mol. The molecule has 1 atom stereocenters. The second-order valence-corrected chi connectivity index (χ2v) is 10.3. The summed E-state index contributed by atoms with van der Waals surface area (Å²) in [6, 6.07) is 14.4. The molecule has 0 radical (unpaired) electrons. The minimum absolute atomic E-state index is 0.0247. The lowest BCUT2D eigenvalue weighted by atomic mass is 10.2. The summed E-state index contributed by atoms with van der Waals surface area (Å²) in [4.78, 5) is 43.8. The van der Waals surface area contributed by atoms with Gasteiger partial charge in [0, 0.05) is 11.7 Å². The first-order valence-electron chi connectivity index (χ1n) is 11.0. The molecule has 1 aliphatic heterocycles. The number of hydrogen-bond donors (Lipinski definition) is 1. The molecule has 0 spiro atoms. The van der Waals surface area contributed by atoms with Crippen LogP contribution >= 0.6 is 23.5 Å². The molecular weight excluding hydrogens is 470 g/mol. The number of benzene rings is 2. The number of nitrogens with one attached hydrogen (secondary N) is 1. The van der Waals surface area contributed by atoms with Gasteiger partial charge < -0.3 is 10.1 Å². The first-order valence-corrected chi connectivity index (χ1v) is 12.8. The number of aromatic nitrogens is 2. The predicted molar refractivity (Wildman–Crippen MR) is 135 cm³/mol. The molecule has 0 aliphatic carbocycles. The normalized spacial score (nSPS) is 14.5. The second-order valence-electron chi connectivity index (χ2n) is 7.88. The third kappa shape index (κ3) is 5.20. The Bertz CT molecular complexity index is 1290. The van der Waals surface area contributed by atoms with Crippen molar-refractivity contribution < 1.29 is 14.3 Å². The summed E-state index contributed by atoms with van der Waals surface area (Å²) in [7, 11) is 0. The SMILES string of the molecule is CCOC(=O)c1ccccc1NC(=O)CSc1nc2c(c(=O)n1-c1ccc(C)cc1)SC(C)C2. The first-order chi connectivity index (χ1) is 16.4. The summed E-state index contributed by atoms with van der Waals surface area (Å²) in [6.07, 6.45) is 0.719. The number of thioether (sulfide) groups is 2. The van der Waals surface area contributed by atoms with E-state index in [0.717, 1.165) is 17.7 Å². The maximum atomic E-state index is 13.4. The molecule has 7 nitrogen and oxygen atoms in total. The van der Waals surface area contributed by atoms with Crippen LogP contribution in [-0.4, -0.2) is 39.0 Å². The molecule has 1 amide bonds. The van der Waals surface area contributed by atoms with Gasteiger partial charge in [0.25, 0.3) is 5.56 Å². The minimum atomic E-state index is -0.494. The quantitative estimate of drug-likeness (QED) is 0.293. The predicted octanol–water partition coefficient (Wildman–Crippen LogP) is 4.49. The molecule has 34 heavy (non-hydrogen) atoms. The summed E-state index contributed by atoms with van der Waals surface area (Å²) >= 11 is 2.74. The molecule has 1 aliphatic rings. The zero-order valence-corrected chi connectivity index (χ0v) is 20.8. The van der Waals surface area contributed by atoms with Crippen LogP contribution in [0.15, 0.2) is 63.4 Å². The number of amides is 1. The minimum Gasteiger partial charge on any atom is -0.462 e. The number of ether oxygens (including phenoxy) is 1. The van der Waals surface area contributed by atoms with Gasteiger partial charge in [0.15, 0.2) is 5.16 Å². The zero-order chi connectivity index (χ0) is 24.2. The highest BCUT2D eigenvalue weighted by Gasteiger charge is 2.27. The van der Waals surface area contributed by atoms with Crippen molar-refractivity contribution in [3.05, 3.63) is 75.7 Å². The Labute approximate surface area is 206 Å². The van der Waals surface area contributed by atoms with E-state index in [0.29, 0.717) is 27.0 Å². The highest BCUT2D eigenvalue weighted by Crippen LogP contribution is 2.35. The van der Waals surface area contributed by atoms with Gasteiger partial charge in [-0.3, -0.25) is 14.2 Å². The van der Waals surface area contributed by atoms with Gasteiger partial charge in [-0.15, -0.1) is 11.8 Å². The van der Waals surface area contributed by atoms with Crippen LogP contribution in [0.5, 0.6) is 0 Å². The number of hydrogen-bond acceptors (Lipinski definition) is 7. The van der Waals surface area contributed by atoms with E-state index in [-0.39, 0.29) is 29.1 Å². The van der Waals surface area contributed by atoms with E-state index < -0.39 is 5.97 Å². The van der Waals surface area contributed by atoms with Crippen LogP contribution in [0, 0.1) is 6.92 Å². The van der Waals surface area contributed by atoms with Crippen molar-refractivity contribution >= 4 is 41.1 Å². The molecule has 3 aromatic rings. The van der Waals surface area contributed by atoms with E-state index >= 15 is 0 Å². The Balaban J connectivity index is 1.59. The van der Waals surface area contributed by atoms with Crippen molar-refractivity contribution in [1.29, 1.82) is 0 Å². The zero-order valence-electron chi connectivity index (χ0n) is 19.2. The summed E-state index contributed by atoms with van der Waals surface area (Å²) in [6.45, 7) is 6.03. The third-order valence-corrected chi connectivity index (χ3v) is 7.36.